The lowest BCUT2D eigenvalue weighted by molar-refractivity contribution is -0.124. The highest BCUT2D eigenvalue weighted by molar-refractivity contribution is 6.31. The molecule has 1 heterocycles. The second-order valence-corrected chi connectivity index (χ2v) is 6.77. The molecule has 3 rings (SSSR count). The Bertz CT molecular complexity index is 899. The van der Waals surface area contributed by atoms with Gasteiger partial charge in [-0.25, -0.2) is 4.39 Å². The molecule has 1 aliphatic rings. The summed E-state index contributed by atoms with van der Waals surface area (Å²) in [6.07, 6.45) is 0. The van der Waals surface area contributed by atoms with Crippen LogP contribution in [0.15, 0.2) is 36.4 Å². The van der Waals surface area contributed by atoms with Gasteiger partial charge in [0.2, 0.25) is 5.91 Å². The summed E-state index contributed by atoms with van der Waals surface area (Å²) in [7, 11) is 3.00. The molecule has 1 unspecified atom stereocenters. The van der Waals surface area contributed by atoms with Crippen molar-refractivity contribution < 1.29 is 23.5 Å². The second-order valence-electron chi connectivity index (χ2n) is 6.36. The van der Waals surface area contributed by atoms with Gasteiger partial charge in [0.25, 0.3) is 5.91 Å². The van der Waals surface area contributed by atoms with Crippen LogP contribution < -0.4 is 14.4 Å². The lowest BCUT2D eigenvalue weighted by Crippen LogP contribution is -2.57. The molecule has 0 radical (unpaired) electrons. The molecule has 28 heavy (non-hydrogen) atoms. The van der Waals surface area contributed by atoms with E-state index in [1.54, 1.807) is 25.1 Å². The number of ether oxygens (including phenoxy) is 2. The quantitative estimate of drug-likeness (QED) is 0.781. The lowest BCUT2D eigenvalue weighted by Gasteiger charge is -2.39. The minimum Gasteiger partial charge on any atom is -0.497 e. The number of nitrogens with zero attached hydrogens (tertiary/aromatic N) is 2. The third-order valence-corrected chi connectivity index (χ3v) is 5.02. The van der Waals surface area contributed by atoms with Gasteiger partial charge < -0.3 is 19.3 Å². The summed E-state index contributed by atoms with van der Waals surface area (Å²) in [4.78, 5) is 28.9. The number of anilines is 1. The summed E-state index contributed by atoms with van der Waals surface area (Å²) in [6, 6.07) is 8.31. The number of methoxy groups -OCH3 is 2. The van der Waals surface area contributed by atoms with E-state index in [0.29, 0.717) is 29.3 Å². The number of piperazine rings is 1. The van der Waals surface area contributed by atoms with Crippen LogP contribution in [0.4, 0.5) is 10.1 Å². The number of benzene rings is 2. The first-order chi connectivity index (χ1) is 13.3. The van der Waals surface area contributed by atoms with Gasteiger partial charge in [0.15, 0.2) is 0 Å². The molecule has 148 valence electrons. The van der Waals surface area contributed by atoms with Crippen LogP contribution >= 0.6 is 11.6 Å². The van der Waals surface area contributed by atoms with E-state index in [2.05, 4.69) is 0 Å². The molecule has 0 bridgehead atoms. The monoisotopic (exact) mass is 406 g/mol. The standard InChI is InChI=1S/C20H20ClFN2O4/c1-12-19(25)24(14-4-5-18(22)17(21)10-14)7-6-23(12)20(26)13-8-15(27-2)11-16(9-13)28-3/h4-5,8-12H,6-7H2,1-3H3. The fraction of sp³-hybridized carbons (Fsp3) is 0.300. The van der Waals surface area contributed by atoms with Gasteiger partial charge in [0.1, 0.15) is 23.4 Å². The van der Waals surface area contributed by atoms with Gasteiger partial charge >= 0.3 is 0 Å². The van der Waals surface area contributed by atoms with E-state index in [1.165, 1.54) is 42.2 Å². The maximum atomic E-state index is 13.4. The third kappa shape index (κ3) is 3.75. The highest BCUT2D eigenvalue weighted by atomic mass is 35.5. The predicted molar refractivity (Wildman–Crippen MR) is 104 cm³/mol. The Morgan fingerprint density at radius 2 is 1.75 bits per heavy atom. The maximum absolute atomic E-state index is 13.4. The third-order valence-electron chi connectivity index (χ3n) is 4.73. The number of carbonyl (C=O) groups is 2. The van der Waals surface area contributed by atoms with Crippen molar-refractivity contribution in [2.75, 3.05) is 32.2 Å². The van der Waals surface area contributed by atoms with E-state index in [0.717, 1.165) is 0 Å². The highest BCUT2D eigenvalue weighted by Crippen LogP contribution is 2.28. The predicted octanol–water partition coefficient (Wildman–Crippen LogP) is 3.37. The minimum atomic E-state index is -0.692. The molecule has 0 N–H and O–H groups in total. The first-order valence-corrected chi connectivity index (χ1v) is 9.04. The molecule has 1 saturated heterocycles. The fourth-order valence-corrected chi connectivity index (χ4v) is 3.33. The Kier molecular flexibility index (Phi) is 5.74. The topological polar surface area (TPSA) is 59.1 Å². The normalized spacial score (nSPS) is 16.9. The first kappa shape index (κ1) is 19.9. The molecule has 1 aliphatic heterocycles. The summed E-state index contributed by atoms with van der Waals surface area (Å²) in [5, 5.41) is -0.0556. The van der Waals surface area contributed by atoms with E-state index in [9.17, 15) is 14.0 Å². The van der Waals surface area contributed by atoms with Crippen molar-refractivity contribution in [1.82, 2.24) is 4.90 Å². The van der Waals surface area contributed by atoms with Gasteiger partial charge in [-0.3, -0.25) is 9.59 Å². The molecule has 0 spiro atoms. The fourth-order valence-electron chi connectivity index (χ4n) is 3.15. The van der Waals surface area contributed by atoms with Crippen LogP contribution in [-0.4, -0.2) is 50.1 Å². The Morgan fingerprint density at radius 3 is 2.32 bits per heavy atom. The van der Waals surface area contributed by atoms with Crippen molar-refractivity contribution in [3.8, 4) is 11.5 Å². The summed E-state index contributed by atoms with van der Waals surface area (Å²) in [6.45, 7) is 2.26. The van der Waals surface area contributed by atoms with Crippen molar-refractivity contribution in [1.29, 1.82) is 0 Å². The van der Waals surface area contributed by atoms with Gasteiger partial charge in [-0.15, -0.1) is 0 Å². The number of halogens is 2. The zero-order valence-corrected chi connectivity index (χ0v) is 16.5. The van der Waals surface area contributed by atoms with Crippen molar-refractivity contribution in [2.45, 2.75) is 13.0 Å². The van der Waals surface area contributed by atoms with Crippen molar-refractivity contribution in [2.24, 2.45) is 0 Å². The summed E-state index contributed by atoms with van der Waals surface area (Å²) >= 11 is 5.83. The smallest absolute Gasteiger partial charge is 0.254 e. The van der Waals surface area contributed by atoms with E-state index >= 15 is 0 Å². The van der Waals surface area contributed by atoms with E-state index in [1.807, 2.05) is 0 Å². The van der Waals surface area contributed by atoms with Crippen LogP contribution in [0.25, 0.3) is 0 Å². The first-order valence-electron chi connectivity index (χ1n) is 8.66. The molecular formula is C20H20ClFN2O4. The van der Waals surface area contributed by atoms with Crippen molar-refractivity contribution in [3.05, 3.63) is 52.8 Å². The number of hydrogen-bond acceptors (Lipinski definition) is 4. The Hall–Kier alpha value is -2.80. The van der Waals surface area contributed by atoms with Crippen LogP contribution in [0, 0.1) is 5.82 Å². The minimum absolute atomic E-state index is 0.0556. The summed E-state index contributed by atoms with van der Waals surface area (Å²) in [5.74, 6) is -0.138. The zero-order chi connectivity index (χ0) is 20.4. The largest absolute Gasteiger partial charge is 0.497 e. The van der Waals surface area contributed by atoms with Crippen LogP contribution in [0.5, 0.6) is 11.5 Å². The summed E-state index contributed by atoms with van der Waals surface area (Å²) in [5.41, 5.74) is 0.868. The van der Waals surface area contributed by atoms with E-state index < -0.39 is 11.9 Å². The molecule has 2 aromatic carbocycles. The van der Waals surface area contributed by atoms with E-state index in [-0.39, 0.29) is 23.4 Å². The molecule has 0 saturated carbocycles. The van der Waals surface area contributed by atoms with Gasteiger partial charge in [-0.2, -0.15) is 0 Å². The second kappa shape index (κ2) is 8.06. The molecule has 2 aromatic rings. The molecule has 2 amide bonds. The Labute approximate surface area is 167 Å². The van der Waals surface area contributed by atoms with E-state index in [4.69, 9.17) is 21.1 Å². The molecule has 0 aromatic heterocycles. The molecule has 6 nitrogen and oxygen atoms in total. The maximum Gasteiger partial charge on any atom is 0.254 e. The van der Waals surface area contributed by atoms with Crippen LogP contribution in [-0.2, 0) is 4.79 Å². The van der Waals surface area contributed by atoms with Crippen LogP contribution in [0.3, 0.4) is 0 Å². The molecule has 0 aliphatic carbocycles. The average molecular weight is 407 g/mol. The average Bonchev–Trinajstić information content (AvgIpc) is 2.71. The molecule has 1 fully saturated rings. The van der Waals surface area contributed by atoms with Crippen LogP contribution in [0.2, 0.25) is 5.02 Å². The van der Waals surface area contributed by atoms with Gasteiger partial charge in [0.05, 0.1) is 19.2 Å². The van der Waals surface area contributed by atoms with Crippen LogP contribution in [0.1, 0.15) is 17.3 Å². The number of hydrogen-bond donors (Lipinski definition) is 0. The number of amides is 2. The van der Waals surface area contributed by atoms with Gasteiger partial charge in [-0.1, -0.05) is 11.6 Å². The van der Waals surface area contributed by atoms with Crippen molar-refractivity contribution >= 4 is 29.1 Å². The number of rotatable bonds is 4. The highest BCUT2D eigenvalue weighted by Gasteiger charge is 2.35. The van der Waals surface area contributed by atoms with Gasteiger partial charge in [-0.05, 0) is 37.3 Å². The Morgan fingerprint density at radius 1 is 1.11 bits per heavy atom. The SMILES string of the molecule is COc1cc(OC)cc(C(=O)N2CCN(c3ccc(F)c(Cl)c3)C(=O)C2C)c1. The van der Waals surface area contributed by atoms with Crippen molar-refractivity contribution in [3.63, 3.8) is 0 Å². The zero-order valence-electron chi connectivity index (χ0n) is 15.7. The number of carbonyl (C=O) groups excluding carboxylic acids is 2. The lowest BCUT2D eigenvalue weighted by atomic mass is 10.1. The molecule has 1 atom stereocenters. The Balaban J connectivity index is 1.83. The molecule has 8 heteroatoms. The van der Waals surface area contributed by atoms with Gasteiger partial charge in [0, 0.05) is 30.4 Å². The summed E-state index contributed by atoms with van der Waals surface area (Å²) < 4.78 is 23.8. The molecular weight excluding hydrogens is 387 g/mol.